The van der Waals surface area contributed by atoms with Gasteiger partial charge >= 0.3 is 23.9 Å². The number of carboxylic acids is 4. The molecule has 0 spiro atoms. The Labute approximate surface area is 178 Å². The first-order chi connectivity index (χ1) is 14.0. The van der Waals surface area contributed by atoms with Crippen LogP contribution in [0, 0.1) is 0 Å². The molecule has 0 heterocycles. The zero-order valence-electron chi connectivity index (χ0n) is 16.4. The number of carbonyl (C=O) groups excluding carboxylic acids is 1. The van der Waals surface area contributed by atoms with Crippen LogP contribution in [0.3, 0.4) is 0 Å². The van der Waals surface area contributed by atoms with Gasteiger partial charge in [0.25, 0.3) is 0 Å². The number of hydrogen-bond donors (Lipinski definition) is 6. The van der Waals surface area contributed by atoms with Crippen molar-refractivity contribution >= 4 is 42.4 Å². The highest BCUT2D eigenvalue weighted by Crippen LogP contribution is 1.97. The van der Waals surface area contributed by atoms with E-state index < -0.39 is 50.1 Å². The standard InChI is InChI=1S/C16H28N4O9S/c21-12(17-1-6-30)7-18(2-4-19(8-13(22)23)9-14(24)25)3-5-20(10-15(26)27)11-16(28)29/h30H,1-11H2,(H,17,21)(H,22,23)(H,24,25)(H,26,27)(H,28,29). The van der Waals surface area contributed by atoms with Crippen LogP contribution in [0.15, 0.2) is 0 Å². The van der Waals surface area contributed by atoms with Gasteiger partial charge in [-0.2, -0.15) is 12.6 Å². The van der Waals surface area contributed by atoms with Gasteiger partial charge in [0.1, 0.15) is 0 Å². The van der Waals surface area contributed by atoms with Gasteiger partial charge in [0, 0.05) is 38.5 Å². The zero-order chi connectivity index (χ0) is 23.1. The highest BCUT2D eigenvalue weighted by Gasteiger charge is 2.19. The lowest BCUT2D eigenvalue weighted by molar-refractivity contribution is -0.143. The molecule has 0 aromatic heterocycles. The van der Waals surface area contributed by atoms with Crippen LogP contribution in [0.5, 0.6) is 0 Å². The molecule has 0 radical (unpaired) electrons. The maximum atomic E-state index is 12.0. The van der Waals surface area contributed by atoms with Gasteiger partial charge in [0.15, 0.2) is 0 Å². The maximum Gasteiger partial charge on any atom is 0.317 e. The van der Waals surface area contributed by atoms with Crippen molar-refractivity contribution in [3.63, 3.8) is 0 Å². The zero-order valence-corrected chi connectivity index (χ0v) is 17.3. The number of nitrogens with zero attached hydrogens (tertiary/aromatic N) is 3. The van der Waals surface area contributed by atoms with E-state index in [1.165, 1.54) is 9.80 Å². The quantitative estimate of drug-likeness (QED) is 0.118. The smallest absolute Gasteiger partial charge is 0.317 e. The van der Waals surface area contributed by atoms with Crippen molar-refractivity contribution in [1.29, 1.82) is 0 Å². The van der Waals surface area contributed by atoms with E-state index >= 15 is 0 Å². The molecule has 30 heavy (non-hydrogen) atoms. The van der Waals surface area contributed by atoms with Crippen LogP contribution in [-0.4, -0.2) is 136 Å². The fourth-order valence-corrected chi connectivity index (χ4v) is 2.59. The Morgan fingerprint density at radius 3 is 1.23 bits per heavy atom. The molecule has 1 amide bonds. The van der Waals surface area contributed by atoms with Crippen LogP contribution in [-0.2, 0) is 24.0 Å². The summed E-state index contributed by atoms with van der Waals surface area (Å²) in [6.45, 7) is -1.53. The molecule has 0 saturated carbocycles. The summed E-state index contributed by atoms with van der Waals surface area (Å²) in [4.78, 5) is 59.6. The first-order valence-electron chi connectivity index (χ1n) is 8.95. The second kappa shape index (κ2) is 15.4. The van der Waals surface area contributed by atoms with Gasteiger partial charge in [0.05, 0.1) is 32.7 Å². The molecule has 0 aliphatic carbocycles. The van der Waals surface area contributed by atoms with E-state index in [2.05, 4.69) is 17.9 Å². The Hall–Kier alpha value is -2.42. The van der Waals surface area contributed by atoms with Crippen molar-refractivity contribution in [2.45, 2.75) is 0 Å². The van der Waals surface area contributed by atoms with Crippen LogP contribution in [0.4, 0.5) is 0 Å². The molecule has 0 aromatic carbocycles. The van der Waals surface area contributed by atoms with Crippen molar-refractivity contribution in [3.05, 3.63) is 0 Å². The minimum Gasteiger partial charge on any atom is -0.480 e. The van der Waals surface area contributed by atoms with Gasteiger partial charge in [-0.05, 0) is 0 Å². The van der Waals surface area contributed by atoms with Crippen LogP contribution >= 0.6 is 12.6 Å². The predicted octanol–water partition coefficient (Wildman–Crippen LogP) is -2.72. The average molecular weight is 452 g/mol. The largest absolute Gasteiger partial charge is 0.480 e. The molecule has 13 nitrogen and oxygen atoms in total. The number of rotatable bonds is 18. The van der Waals surface area contributed by atoms with Gasteiger partial charge < -0.3 is 25.7 Å². The number of thiol groups is 1. The summed E-state index contributed by atoms with van der Waals surface area (Å²) in [6, 6.07) is 0. The number of carbonyl (C=O) groups is 5. The number of nitrogens with one attached hydrogen (secondary N) is 1. The molecule has 0 unspecified atom stereocenters. The molecular weight excluding hydrogens is 424 g/mol. The normalized spacial score (nSPS) is 11.1. The minimum absolute atomic E-state index is 0.0241. The summed E-state index contributed by atoms with van der Waals surface area (Å²) in [6.07, 6.45) is 0. The van der Waals surface area contributed by atoms with Crippen LogP contribution in [0.1, 0.15) is 0 Å². The van der Waals surface area contributed by atoms with E-state index in [1.807, 2.05) is 0 Å². The van der Waals surface area contributed by atoms with Crippen LogP contribution in [0.25, 0.3) is 0 Å². The van der Waals surface area contributed by atoms with Crippen molar-refractivity contribution in [1.82, 2.24) is 20.0 Å². The van der Waals surface area contributed by atoms with Gasteiger partial charge in [0.2, 0.25) is 5.91 Å². The van der Waals surface area contributed by atoms with E-state index in [-0.39, 0.29) is 38.6 Å². The Kier molecular flexibility index (Phi) is 14.2. The van der Waals surface area contributed by atoms with E-state index in [4.69, 9.17) is 20.4 Å². The van der Waals surface area contributed by atoms with E-state index in [0.29, 0.717) is 12.3 Å². The molecule has 0 aromatic rings. The summed E-state index contributed by atoms with van der Waals surface area (Å²) < 4.78 is 0. The van der Waals surface area contributed by atoms with E-state index in [9.17, 15) is 24.0 Å². The average Bonchev–Trinajstić information content (AvgIpc) is 2.59. The molecule has 172 valence electrons. The second-order valence-electron chi connectivity index (χ2n) is 6.35. The van der Waals surface area contributed by atoms with Gasteiger partial charge in [-0.1, -0.05) is 0 Å². The number of amides is 1. The molecule has 0 rings (SSSR count). The Bertz CT molecular complexity index is 533. The fourth-order valence-electron chi connectivity index (χ4n) is 2.48. The molecular formula is C16H28N4O9S. The highest BCUT2D eigenvalue weighted by atomic mass is 32.1. The molecule has 0 saturated heterocycles. The monoisotopic (exact) mass is 452 g/mol. The molecule has 0 aliphatic rings. The molecule has 0 atom stereocenters. The Balaban J connectivity index is 5.06. The third-order valence-electron chi connectivity index (χ3n) is 3.70. The lowest BCUT2D eigenvalue weighted by atomic mass is 10.3. The van der Waals surface area contributed by atoms with Crippen molar-refractivity contribution in [2.75, 3.05) is 71.2 Å². The summed E-state index contributed by atoms with van der Waals surface area (Å²) in [5.41, 5.74) is 0. The van der Waals surface area contributed by atoms with Crippen molar-refractivity contribution < 1.29 is 44.4 Å². The Morgan fingerprint density at radius 2 is 0.933 bits per heavy atom. The van der Waals surface area contributed by atoms with Gasteiger partial charge in [-0.3, -0.25) is 38.7 Å². The lowest BCUT2D eigenvalue weighted by Gasteiger charge is -2.28. The van der Waals surface area contributed by atoms with Crippen LogP contribution < -0.4 is 5.32 Å². The maximum absolute atomic E-state index is 12.0. The van der Waals surface area contributed by atoms with E-state index in [1.54, 1.807) is 4.90 Å². The second-order valence-corrected chi connectivity index (χ2v) is 6.79. The number of aliphatic carboxylic acids is 4. The number of carboxylic acid groups (broad SMARTS) is 4. The molecule has 14 heteroatoms. The number of hydrogen-bond acceptors (Lipinski definition) is 9. The summed E-state index contributed by atoms with van der Waals surface area (Å²) >= 11 is 3.99. The third kappa shape index (κ3) is 15.5. The van der Waals surface area contributed by atoms with Crippen LogP contribution in [0.2, 0.25) is 0 Å². The topological polar surface area (TPSA) is 188 Å². The van der Waals surface area contributed by atoms with E-state index in [0.717, 1.165) is 0 Å². The van der Waals surface area contributed by atoms with Gasteiger partial charge in [-0.15, -0.1) is 0 Å². The first-order valence-corrected chi connectivity index (χ1v) is 9.58. The summed E-state index contributed by atoms with van der Waals surface area (Å²) in [5, 5.41) is 38.3. The highest BCUT2D eigenvalue weighted by molar-refractivity contribution is 7.80. The lowest BCUT2D eigenvalue weighted by Crippen LogP contribution is -2.47. The third-order valence-corrected chi connectivity index (χ3v) is 3.93. The fraction of sp³-hybridized carbons (Fsp3) is 0.688. The SMILES string of the molecule is O=C(O)CN(CCN(CCN(CC(=O)O)CC(=O)O)CC(=O)NCCS)CC(=O)O. The van der Waals surface area contributed by atoms with Crippen molar-refractivity contribution in [2.24, 2.45) is 0 Å². The minimum atomic E-state index is -1.21. The molecule has 0 aliphatic heterocycles. The summed E-state index contributed by atoms with van der Waals surface area (Å²) in [7, 11) is 0. The van der Waals surface area contributed by atoms with Gasteiger partial charge in [-0.25, -0.2) is 0 Å². The van der Waals surface area contributed by atoms with Crippen molar-refractivity contribution in [3.8, 4) is 0 Å². The molecule has 0 fully saturated rings. The molecule has 0 bridgehead atoms. The first kappa shape index (κ1) is 27.6. The predicted molar refractivity (Wildman–Crippen MR) is 107 cm³/mol. The molecule has 5 N–H and O–H groups in total. The Morgan fingerprint density at radius 1 is 0.600 bits per heavy atom. The summed E-state index contributed by atoms with van der Waals surface area (Å²) in [5.74, 6) is -4.75.